The van der Waals surface area contributed by atoms with Gasteiger partial charge in [0.25, 0.3) is 0 Å². The van der Waals surface area contributed by atoms with Gasteiger partial charge in [-0.1, -0.05) is 12.5 Å². The number of likely N-dealkylation sites (tertiary alicyclic amines) is 1. The van der Waals surface area contributed by atoms with Crippen molar-refractivity contribution in [1.82, 2.24) is 4.90 Å². The number of thiophene rings is 1. The Hall–Kier alpha value is -3.02. The van der Waals surface area contributed by atoms with Crippen LogP contribution in [0.5, 0.6) is 23.0 Å². The zero-order chi connectivity index (χ0) is 21.8. The number of piperidine rings is 1. The molecular weight excluding hydrogens is 418 g/mol. The van der Waals surface area contributed by atoms with Crippen molar-refractivity contribution in [2.24, 2.45) is 0 Å². The van der Waals surface area contributed by atoms with Crippen molar-refractivity contribution in [3.05, 3.63) is 71.4 Å². The Labute approximate surface area is 192 Å². The Bertz CT molecular complexity index is 1170. The first-order valence-electron chi connectivity index (χ1n) is 11.2. The number of hydrogen-bond acceptors (Lipinski definition) is 5. The molecule has 0 saturated carbocycles. The van der Waals surface area contributed by atoms with Gasteiger partial charge in [-0.15, -0.1) is 0 Å². The second-order valence-electron chi connectivity index (χ2n) is 8.18. The number of phenols is 1. The zero-order valence-corrected chi connectivity index (χ0v) is 18.8. The SMILES string of the molecule is Oc1ccc2c(Oc3ccc(OCCN4CCCCC4)cc3)c(-c3ccsc3)ccc2c1. The smallest absolute Gasteiger partial charge is 0.143 e. The second-order valence-corrected chi connectivity index (χ2v) is 8.96. The minimum atomic E-state index is 0.248. The molecule has 32 heavy (non-hydrogen) atoms. The summed E-state index contributed by atoms with van der Waals surface area (Å²) in [6, 6.07) is 19.4. The van der Waals surface area contributed by atoms with Gasteiger partial charge in [0.05, 0.1) is 0 Å². The van der Waals surface area contributed by atoms with E-state index in [2.05, 4.69) is 27.8 Å². The van der Waals surface area contributed by atoms with E-state index in [1.807, 2.05) is 36.4 Å². The third kappa shape index (κ3) is 4.74. The van der Waals surface area contributed by atoms with Crippen LogP contribution in [0.15, 0.2) is 71.4 Å². The highest BCUT2D eigenvalue weighted by molar-refractivity contribution is 7.08. The fourth-order valence-electron chi connectivity index (χ4n) is 4.24. The van der Waals surface area contributed by atoms with Crippen LogP contribution < -0.4 is 9.47 Å². The summed E-state index contributed by atoms with van der Waals surface area (Å²) < 4.78 is 12.4. The van der Waals surface area contributed by atoms with E-state index < -0.39 is 0 Å². The molecule has 0 radical (unpaired) electrons. The Morgan fingerprint density at radius 2 is 1.69 bits per heavy atom. The molecule has 0 bridgehead atoms. The Balaban J connectivity index is 1.34. The summed E-state index contributed by atoms with van der Waals surface area (Å²) in [6.07, 6.45) is 3.95. The van der Waals surface area contributed by atoms with Gasteiger partial charge in [-0.2, -0.15) is 11.3 Å². The summed E-state index contributed by atoms with van der Waals surface area (Å²) >= 11 is 1.66. The molecule has 4 nitrogen and oxygen atoms in total. The highest BCUT2D eigenvalue weighted by Gasteiger charge is 2.14. The quantitative estimate of drug-likeness (QED) is 0.335. The molecule has 4 aromatic rings. The van der Waals surface area contributed by atoms with E-state index in [0.717, 1.165) is 45.7 Å². The molecule has 0 spiro atoms. The van der Waals surface area contributed by atoms with E-state index in [4.69, 9.17) is 9.47 Å². The van der Waals surface area contributed by atoms with Crippen molar-refractivity contribution >= 4 is 22.1 Å². The Kier molecular flexibility index (Phi) is 6.28. The third-order valence-corrected chi connectivity index (χ3v) is 6.64. The maximum atomic E-state index is 9.89. The highest BCUT2D eigenvalue weighted by Crippen LogP contribution is 2.41. The molecule has 0 atom stereocenters. The first kappa shape index (κ1) is 20.9. The summed E-state index contributed by atoms with van der Waals surface area (Å²) in [7, 11) is 0. The third-order valence-electron chi connectivity index (χ3n) is 5.95. The molecule has 3 aromatic carbocycles. The van der Waals surface area contributed by atoms with Crippen LogP contribution in [-0.4, -0.2) is 36.2 Å². The van der Waals surface area contributed by atoms with Crippen LogP contribution in [0.3, 0.4) is 0 Å². The first-order chi connectivity index (χ1) is 15.8. The van der Waals surface area contributed by atoms with Crippen LogP contribution >= 0.6 is 11.3 Å². The maximum absolute atomic E-state index is 9.89. The molecule has 0 amide bonds. The van der Waals surface area contributed by atoms with Crippen LogP contribution in [0.25, 0.3) is 21.9 Å². The molecule has 1 aliphatic rings. The number of benzene rings is 3. The molecule has 1 fully saturated rings. The molecule has 164 valence electrons. The summed E-state index contributed by atoms with van der Waals surface area (Å²) in [6.45, 7) is 4.05. The predicted molar refractivity (Wildman–Crippen MR) is 131 cm³/mol. The molecule has 1 saturated heterocycles. The predicted octanol–water partition coefficient (Wildman–Crippen LogP) is 6.93. The average molecular weight is 446 g/mol. The summed E-state index contributed by atoms with van der Waals surface area (Å²) in [5.41, 5.74) is 2.16. The standard InChI is InChI=1S/C27H27NO3S/c29-22-5-11-25-20(18-22)4-10-26(21-12-17-32-19-21)27(25)31-24-8-6-23(7-9-24)30-16-15-28-13-2-1-3-14-28/h4-12,17-19,29H,1-3,13-16H2. The van der Waals surface area contributed by atoms with Crippen molar-refractivity contribution in [3.8, 4) is 34.1 Å². The van der Waals surface area contributed by atoms with Gasteiger partial charge in [0.2, 0.25) is 0 Å². The number of ether oxygens (including phenoxy) is 2. The second kappa shape index (κ2) is 9.63. The largest absolute Gasteiger partial charge is 0.508 e. The van der Waals surface area contributed by atoms with Crippen molar-refractivity contribution in [2.45, 2.75) is 19.3 Å². The fraction of sp³-hybridized carbons (Fsp3) is 0.259. The van der Waals surface area contributed by atoms with Crippen LogP contribution in [-0.2, 0) is 0 Å². The molecule has 1 aromatic heterocycles. The van der Waals surface area contributed by atoms with Crippen LogP contribution in [0.4, 0.5) is 0 Å². The van der Waals surface area contributed by atoms with Crippen molar-refractivity contribution in [3.63, 3.8) is 0 Å². The van der Waals surface area contributed by atoms with Crippen LogP contribution in [0.2, 0.25) is 0 Å². The van der Waals surface area contributed by atoms with E-state index in [1.54, 1.807) is 23.5 Å². The van der Waals surface area contributed by atoms with E-state index in [9.17, 15) is 5.11 Å². The summed E-state index contributed by atoms with van der Waals surface area (Å²) in [4.78, 5) is 2.48. The lowest BCUT2D eigenvalue weighted by Crippen LogP contribution is -2.33. The van der Waals surface area contributed by atoms with Gasteiger partial charge in [-0.05, 0) is 102 Å². The minimum Gasteiger partial charge on any atom is -0.508 e. The number of rotatable bonds is 7. The number of phenolic OH excluding ortho intramolecular Hbond substituents is 1. The van der Waals surface area contributed by atoms with E-state index in [-0.39, 0.29) is 5.75 Å². The normalized spacial score (nSPS) is 14.5. The first-order valence-corrected chi connectivity index (χ1v) is 12.1. The fourth-order valence-corrected chi connectivity index (χ4v) is 4.90. The van der Waals surface area contributed by atoms with E-state index in [1.165, 1.54) is 32.4 Å². The lowest BCUT2D eigenvalue weighted by atomic mass is 10.0. The van der Waals surface area contributed by atoms with Gasteiger partial charge in [0, 0.05) is 17.5 Å². The number of hydrogen-bond donors (Lipinski definition) is 1. The van der Waals surface area contributed by atoms with Gasteiger partial charge in [-0.3, -0.25) is 4.90 Å². The number of nitrogens with zero attached hydrogens (tertiary/aromatic N) is 1. The topological polar surface area (TPSA) is 41.9 Å². The average Bonchev–Trinajstić information content (AvgIpc) is 3.36. The van der Waals surface area contributed by atoms with Gasteiger partial charge in [0.1, 0.15) is 29.6 Å². The van der Waals surface area contributed by atoms with Crippen molar-refractivity contribution < 1.29 is 14.6 Å². The Morgan fingerprint density at radius 1 is 0.875 bits per heavy atom. The maximum Gasteiger partial charge on any atom is 0.143 e. The van der Waals surface area contributed by atoms with Crippen molar-refractivity contribution in [1.29, 1.82) is 0 Å². The molecule has 5 rings (SSSR count). The molecule has 1 N–H and O–H groups in total. The van der Waals surface area contributed by atoms with Gasteiger partial charge < -0.3 is 14.6 Å². The van der Waals surface area contributed by atoms with Crippen molar-refractivity contribution in [2.75, 3.05) is 26.2 Å². The molecule has 0 unspecified atom stereocenters. The molecule has 0 aliphatic carbocycles. The lowest BCUT2D eigenvalue weighted by molar-refractivity contribution is 0.183. The Morgan fingerprint density at radius 3 is 2.47 bits per heavy atom. The van der Waals surface area contributed by atoms with Crippen LogP contribution in [0.1, 0.15) is 19.3 Å². The van der Waals surface area contributed by atoms with Gasteiger partial charge >= 0.3 is 0 Å². The molecule has 2 heterocycles. The minimum absolute atomic E-state index is 0.248. The lowest BCUT2D eigenvalue weighted by Gasteiger charge is -2.26. The number of fused-ring (bicyclic) bond motifs is 1. The summed E-state index contributed by atoms with van der Waals surface area (Å²) in [5, 5.41) is 16.0. The van der Waals surface area contributed by atoms with E-state index in [0.29, 0.717) is 6.61 Å². The monoisotopic (exact) mass is 445 g/mol. The molecule has 5 heteroatoms. The van der Waals surface area contributed by atoms with Crippen LogP contribution in [0, 0.1) is 0 Å². The highest BCUT2D eigenvalue weighted by atomic mass is 32.1. The van der Waals surface area contributed by atoms with E-state index >= 15 is 0 Å². The van der Waals surface area contributed by atoms with Gasteiger partial charge in [-0.25, -0.2) is 0 Å². The summed E-state index contributed by atoms with van der Waals surface area (Å²) in [5.74, 6) is 2.65. The number of aromatic hydroxyl groups is 1. The molecule has 1 aliphatic heterocycles. The molecular formula is C27H27NO3S. The zero-order valence-electron chi connectivity index (χ0n) is 18.0. The van der Waals surface area contributed by atoms with Gasteiger partial charge in [0.15, 0.2) is 0 Å².